The number of aryl methyl sites for hydroxylation is 1. The Labute approximate surface area is 88.9 Å². The van der Waals surface area contributed by atoms with Gasteiger partial charge in [-0.3, -0.25) is 0 Å². The van der Waals surface area contributed by atoms with E-state index in [1.807, 2.05) is 19.2 Å². The van der Waals surface area contributed by atoms with Gasteiger partial charge in [0.15, 0.2) is 0 Å². The number of carbonyl (C=O) groups is 1. The van der Waals surface area contributed by atoms with E-state index < -0.39 is 5.97 Å². The number of rotatable bonds is 5. The van der Waals surface area contributed by atoms with E-state index in [1.165, 1.54) is 12.8 Å². The van der Waals surface area contributed by atoms with Crippen LogP contribution in [0.5, 0.6) is 0 Å². The van der Waals surface area contributed by atoms with Crippen LogP contribution in [0.1, 0.15) is 28.9 Å². The molecule has 1 heterocycles. The molecular weight excluding hydrogens is 192 g/mol. The molecule has 4 nitrogen and oxygen atoms in total. The number of carboxylic acid groups (broad SMARTS) is 1. The summed E-state index contributed by atoms with van der Waals surface area (Å²) < 4.78 is 1.80. The summed E-state index contributed by atoms with van der Waals surface area (Å²) >= 11 is 0. The molecule has 0 aromatic carbocycles. The fourth-order valence-electron chi connectivity index (χ4n) is 1.74. The number of carboxylic acids is 1. The zero-order chi connectivity index (χ0) is 10.8. The lowest BCUT2D eigenvalue weighted by Crippen LogP contribution is -2.23. The Hall–Kier alpha value is -1.29. The van der Waals surface area contributed by atoms with Crippen LogP contribution >= 0.6 is 0 Å². The molecule has 0 radical (unpaired) electrons. The Bertz CT molecular complexity index is 367. The molecule has 0 atom stereocenters. The summed E-state index contributed by atoms with van der Waals surface area (Å²) in [7, 11) is 0. The van der Waals surface area contributed by atoms with E-state index in [-0.39, 0.29) is 0 Å². The van der Waals surface area contributed by atoms with E-state index in [2.05, 4.69) is 5.32 Å². The predicted octanol–water partition coefficient (Wildman–Crippen LogP) is 1.25. The molecule has 0 saturated heterocycles. The minimum Gasteiger partial charge on any atom is -0.477 e. The fraction of sp³-hybridized carbons (Fsp3) is 0.545. The highest BCUT2D eigenvalue weighted by molar-refractivity contribution is 5.87. The van der Waals surface area contributed by atoms with Crippen molar-refractivity contribution in [1.29, 1.82) is 0 Å². The Morgan fingerprint density at radius 2 is 2.40 bits per heavy atom. The number of hydrogen-bond donors (Lipinski definition) is 2. The van der Waals surface area contributed by atoms with Crippen LogP contribution in [0.25, 0.3) is 0 Å². The molecule has 1 aromatic rings. The van der Waals surface area contributed by atoms with Crippen LogP contribution in [0.15, 0.2) is 12.3 Å². The third-order valence-corrected chi connectivity index (χ3v) is 2.73. The first-order valence-corrected chi connectivity index (χ1v) is 5.31. The van der Waals surface area contributed by atoms with Crippen molar-refractivity contribution in [3.8, 4) is 0 Å². The molecule has 0 aliphatic heterocycles. The Morgan fingerprint density at radius 3 is 3.00 bits per heavy atom. The van der Waals surface area contributed by atoms with E-state index in [9.17, 15) is 4.79 Å². The topological polar surface area (TPSA) is 54.3 Å². The molecule has 0 unspecified atom stereocenters. The van der Waals surface area contributed by atoms with E-state index in [0.717, 1.165) is 18.7 Å². The molecule has 0 spiro atoms. The van der Waals surface area contributed by atoms with Gasteiger partial charge in [0.25, 0.3) is 0 Å². The van der Waals surface area contributed by atoms with Crippen LogP contribution in [0, 0.1) is 6.92 Å². The summed E-state index contributed by atoms with van der Waals surface area (Å²) in [4.78, 5) is 11.0. The number of nitrogens with zero attached hydrogens (tertiary/aromatic N) is 1. The van der Waals surface area contributed by atoms with Crippen LogP contribution in [0.2, 0.25) is 0 Å². The van der Waals surface area contributed by atoms with Gasteiger partial charge in [0, 0.05) is 25.3 Å². The third-order valence-electron chi connectivity index (χ3n) is 2.73. The Kier molecular flexibility index (Phi) is 2.77. The smallest absolute Gasteiger partial charge is 0.352 e. The van der Waals surface area contributed by atoms with Crippen molar-refractivity contribution in [1.82, 2.24) is 9.88 Å². The number of aromatic carboxylic acids is 1. The van der Waals surface area contributed by atoms with Crippen LogP contribution in [0.4, 0.5) is 0 Å². The van der Waals surface area contributed by atoms with Gasteiger partial charge in [0.2, 0.25) is 0 Å². The monoisotopic (exact) mass is 208 g/mol. The first kappa shape index (κ1) is 10.2. The second kappa shape index (κ2) is 4.06. The van der Waals surface area contributed by atoms with Gasteiger partial charge in [-0.05, 0) is 31.4 Å². The van der Waals surface area contributed by atoms with Crippen LogP contribution in [-0.4, -0.2) is 28.2 Å². The molecule has 1 aromatic heterocycles. The molecule has 2 rings (SSSR count). The zero-order valence-electron chi connectivity index (χ0n) is 8.86. The predicted molar refractivity (Wildman–Crippen MR) is 57.2 cm³/mol. The average molecular weight is 208 g/mol. The van der Waals surface area contributed by atoms with Gasteiger partial charge in [-0.2, -0.15) is 0 Å². The summed E-state index contributed by atoms with van der Waals surface area (Å²) in [5.41, 5.74) is 1.24. The second-order valence-corrected chi connectivity index (χ2v) is 4.07. The maximum Gasteiger partial charge on any atom is 0.352 e. The lowest BCUT2D eigenvalue weighted by Gasteiger charge is -2.07. The van der Waals surface area contributed by atoms with Gasteiger partial charge >= 0.3 is 5.97 Å². The number of nitrogens with one attached hydrogen (secondary N) is 1. The molecule has 4 heteroatoms. The normalized spacial score (nSPS) is 15.5. The minimum absolute atomic E-state index is 0.410. The fourth-order valence-corrected chi connectivity index (χ4v) is 1.74. The van der Waals surface area contributed by atoms with Crippen molar-refractivity contribution in [2.45, 2.75) is 32.4 Å². The van der Waals surface area contributed by atoms with Crippen molar-refractivity contribution >= 4 is 5.97 Å². The highest BCUT2D eigenvalue weighted by Gasteiger charge is 2.20. The van der Waals surface area contributed by atoms with Crippen molar-refractivity contribution in [2.24, 2.45) is 0 Å². The maximum absolute atomic E-state index is 11.0. The van der Waals surface area contributed by atoms with Crippen LogP contribution in [0.3, 0.4) is 0 Å². The van der Waals surface area contributed by atoms with Gasteiger partial charge in [0.05, 0.1) is 0 Å². The summed E-state index contributed by atoms with van der Waals surface area (Å²) in [5, 5.41) is 12.4. The van der Waals surface area contributed by atoms with E-state index in [1.54, 1.807) is 4.57 Å². The first-order valence-electron chi connectivity index (χ1n) is 5.31. The molecule has 1 aliphatic carbocycles. The minimum atomic E-state index is -0.844. The highest BCUT2D eigenvalue weighted by Crippen LogP contribution is 2.18. The first-order chi connectivity index (χ1) is 7.18. The molecule has 1 saturated carbocycles. The lowest BCUT2D eigenvalue weighted by atomic mass is 10.3. The molecule has 82 valence electrons. The van der Waals surface area contributed by atoms with E-state index in [0.29, 0.717) is 11.7 Å². The van der Waals surface area contributed by atoms with Gasteiger partial charge in [-0.1, -0.05) is 0 Å². The molecule has 0 bridgehead atoms. The summed E-state index contributed by atoms with van der Waals surface area (Å²) in [6, 6.07) is 2.52. The second-order valence-electron chi connectivity index (χ2n) is 4.07. The third kappa shape index (κ3) is 2.39. The van der Waals surface area contributed by atoms with Gasteiger partial charge < -0.3 is 15.0 Å². The van der Waals surface area contributed by atoms with E-state index >= 15 is 0 Å². The standard InChI is InChI=1S/C11H16N2O2/c1-8-4-6-13(10(8)11(14)15)7-5-12-9-2-3-9/h4,6,9,12H,2-3,5,7H2,1H3,(H,14,15). The molecular formula is C11H16N2O2. The quantitative estimate of drug-likeness (QED) is 0.765. The SMILES string of the molecule is Cc1ccn(CCNC2CC2)c1C(=O)O. The van der Waals surface area contributed by atoms with Crippen LogP contribution in [-0.2, 0) is 6.54 Å². The van der Waals surface area contributed by atoms with Gasteiger partial charge in [-0.25, -0.2) is 4.79 Å². The maximum atomic E-state index is 11.0. The highest BCUT2D eigenvalue weighted by atomic mass is 16.4. The van der Waals surface area contributed by atoms with Gasteiger partial charge in [-0.15, -0.1) is 0 Å². The molecule has 1 fully saturated rings. The van der Waals surface area contributed by atoms with Crippen molar-refractivity contribution < 1.29 is 9.90 Å². The molecule has 1 aliphatic rings. The summed E-state index contributed by atoms with van der Waals surface area (Å²) in [6.07, 6.45) is 4.36. The van der Waals surface area contributed by atoms with E-state index in [4.69, 9.17) is 5.11 Å². The van der Waals surface area contributed by atoms with Crippen molar-refractivity contribution in [3.63, 3.8) is 0 Å². The Morgan fingerprint density at radius 1 is 1.67 bits per heavy atom. The average Bonchev–Trinajstić information content (AvgIpc) is 2.90. The van der Waals surface area contributed by atoms with Crippen molar-refractivity contribution in [2.75, 3.05) is 6.54 Å². The summed E-state index contributed by atoms with van der Waals surface area (Å²) in [5.74, 6) is -0.844. The molecule has 15 heavy (non-hydrogen) atoms. The number of hydrogen-bond acceptors (Lipinski definition) is 2. The van der Waals surface area contributed by atoms with Gasteiger partial charge in [0.1, 0.15) is 5.69 Å². The zero-order valence-corrected chi connectivity index (χ0v) is 8.86. The number of aromatic nitrogens is 1. The van der Waals surface area contributed by atoms with Crippen molar-refractivity contribution in [3.05, 3.63) is 23.5 Å². The Balaban J connectivity index is 1.96. The van der Waals surface area contributed by atoms with Crippen LogP contribution < -0.4 is 5.32 Å². The molecule has 2 N–H and O–H groups in total. The summed E-state index contributed by atoms with van der Waals surface area (Å²) in [6.45, 7) is 3.40. The largest absolute Gasteiger partial charge is 0.477 e. The lowest BCUT2D eigenvalue weighted by molar-refractivity contribution is 0.0684. The molecule has 0 amide bonds.